The van der Waals surface area contributed by atoms with E-state index in [4.69, 9.17) is 21.6 Å². The highest BCUT2D eigenvalue weighted by atomic mass is 35.5. The summed E-state index contributed by atoms with van der Waals surface area (Å²) in [6.45, 7) is 0. The summed E-state index contributed by atoms with van der Waals surface area (Å²) in [5.74, 6) is -1.30. The molecule has 108 valence electrons. The number of hydrogen-bond acceptors (Lipinski definition) is 3. The van der Waals surface area contributed by atoms with Crippen LogP contribution in [0.4, 0.5) is 17.6 Å². The van der Waals surface area contributed by atoms with Gasteiger partial charge in [-0.2, -0.15) is 18.4 Å². The van der Waals surface area contributed by atoms with Crippen molar-refractivity contribution in [2.24, 2.45) is 0 Å². The van der Waals surface area contributed by atoms with Gasteiger partial charge in [0.1, 0.15) is 28.9 Å². The number of nitrogens with zero attached hydrogens (tertiary/aromatic N) is 2. The fourth-order valence-corrected chi connectivity index (χ4v) is 1.63. The molecule has 0 saturated heterocycles. The standard InChI is InChI=1S/C13H5ClF4N2O/c14-9-5-8(15)2-3-10(9)21-12-7(6-19)1-4-11(20-12)13(16,17)18/h1-5H. The van der Waals surface area contributed by atoms with Crippen LogP contribution in [0, 0.1) is 17.1 Å². The van der Waals surface area contributed by atoms with Crippen molar-refractivity contribution in [2.45, 2.75) is 6.18 Å². The van der Waals surface area contributed by atoms with Crippen molar-refractivity contribution < 1.29 is 22.3 Å². The lowest BCUT2D eigenvalue weighted by molar-refractivity contribution is -0.141. The molecule has 1 heterocycles. The molecule has 0 saturated carbocycles. The summed E-state index contributed by atoms with van der Waals surface area (Å²) in [7, 11) is 0. The molecule has 21 heavy (non-hydrogen) atoms. The van der Waals surface area contributed by atoms with Gasteiger partial charge in [-0.05, 0) is 30.3 Å². The summed E-state index contributed by atoms with van der Waals surface area (Å²) in [5, 5.41) is 8.70. The molecule has 0 unspecified atom stereocenters. The number of nitriles is 1. The molecule has 0 amide bonds. The highest BCUT2D eigenvalue weighted by Crippen LogP contribution is 2.34. The maximum absolute atomic E-state index is 12.9. The molecule has 0 aliphatic carbocycles. The summed E-state index contributed by atoms with van der Waals surface area (Å²) in [6, 6.07) is 6.32. The number of rotatable bonds is 2. The van der Waals surface area contributed by atoms with Gasteiger partial charge in [0.05, 0.1) is 5.02 Å². The Hall–Kier alpha value is -2.33. The quantitative estimate of drug-likeness (QED) is 0.763. The summed E-state index contributed by atoms with van der Waals surface area (Å²) >= 11 is 5.71. The molecule has 0 aliphatic heterocycles. The number of alkyl halides is 3. The third kappa shape index (κ3) is 3.41. The first kappa shape index (κ1) is 15.1. The van der Waals surface area contributed by atoms with Crippen molar-refractivity contribution in [1.29, 1.82) is 5.26 Å². The Morgan fingerprint density at radius 3 is 2.48 bits per heavy atom. The predicted molar refractivity (Wildman–Crippen MR) is 65.4 cm³/mol. The zero-order valence-electron chi connectivity index (χ0n) is 10.1. The Morgan fingerprint density at radius 1 is 1.19 bits per heavy atom. The first-order chi connectivity index (χ1) is 9.81. The Balaban J connectivity index is 2.45. The van der Waals surface area contributed by atoms with E-state index in [1.807, 2.05) is 0 Å². The maximum Gasteiger partial charge on any atom is 0.433 e. The van der Waals surface area contributed by atoms with Gasteiger partial charge in [-0.15, -0.1) is 0 Å². The average Bonchev–Trinajstić information content (AvgIpc) is 2.41. The molecule has 0 aliphatic rings. The van der Waals surface area contributed by atoms with Crippen LogP contribution in [-0.4, -0.2) is 4.98 Å². The molecular formula is C13H5ClF4N2O. The van der Waals surface area contributed by atoms with Crippen molar-refractivity contribution in [2.75, 3.05) is 0 Å². The van der Waals surface area contributed by atoms with Crippen LogP contribution in [0.1, 0.15) is 11.3 Å². The minimum absolute atomic E-state index is 0.110. The van der Waals surface area contributed by atoms with Crippen molar-refractivity contribution in [3.8, 4) is 17.7 Å². The van der Waals surface area contributed by atoms with Crippen LogP contribution in [0.15, 0.2) is 30.3 Å². The zero-order chi connectivity index (χ0) is 15.6. The van der Waals surface area contributed by atoms with Gasteiger partial charge < -0.3 is 4.74 Å². The Labute approximate surface area is 121 Å². The minimum atomic E-state index is -4.68. The van der Waals surface area contributed by atoms with Gasteiger partial charge in [0, 0.05) is 0 Å². The van der Waals surface area contributed by atoms with Crippen LogP contribution in [-0.2, 0) is 6.18 Å². The van der Waals surface area contributed by atoms with Crippen LogP contribution in [0.5, 0.6) is 11.6 Å². The second kappa shape index (κ2) is 5.58. The van der Waals surface area contributed by atoms with Crippen LogP contribution in [0.25, 0.3) is 0 Å². The smallest absolute Gasteiger partial charge is 0.433 e. The van der Waals surface area contributed by atoms with E-state index in [9.17, 15) is 17.6 Å². The van der Waals surface area contributed by atoms with Gasteiger partial charge in [-0.3, -0.25) is 0 Å². The second-order valence-electron chi connectivity index (χ2n) is 3.84. The van der Waals surface area contributed by atoms with Crippen LogP contribution < -0.4 is 4.74 Å². The number of halogens is 5. The number of hydrogen-bond donors (Lipinski definition) is 0. The largest absolute Gasteiger partial charge is 0.436 e. The molecule has 1 aromatic heterocycles. The third-order valence-electron chi connectivity index (χ3n) is 2.37. The molecule has 0 radical (unpaired) electrons. The van der Waals surface area contributed by atoms with Crippen LogP contribution in [0.3, 0.4) is 0 Å². The summed E-state index contributed by atoms with van der Waals surface area (Å²) in [5.41, 5.74) is -1.42. The third-order valence-corrected chi connectivity index (χ3v) is 2.67. The van der Waals surface area contributed by atoms with E-state index in [1.165, 1.54) is 0 Å². The Kier molecular flexibility index (Phi) is 4.00. The fraction of sp³-hybridized carbons (Fsp3) is 0.0769. The lowest BCUT2D eigenvalue weighted by Crippen LogP contribution is -2.09. The molecule has 0 bridgehead atoms. The summed E-state index contributed by atoms with van der Waals surface area (Å²) in [6.07, 6.45) is -4.68. The number of pyridine rings is 1. The van der Waals surface area contributed by atoms with Crippen molar-refractivity contribution in [1.82, 2.24) is 4.98 Å². The maximum atomic E-state index is 12.9. The Morgan fingerprint density at radius 2 is 1.90 bits per heavy atom. The van der Waals surface area contributed by atoms with Gasteiger partial charge in [-0.1, -0.05) is 11.6 Å². The van der Waals surface area contributed by atoms with Crippen molar-refractivity contribution in [3.63, 3.8) is 0 Å². The van der Waals surface area contributed by atoms with Gasteiger partial charge in [0.15, 0.2) is 0 Å². The molecule has 3 nitrogen and oxygen atoms in total. The average molecular weight is 317 g/mol. The first-order valence-corrected chi connectivity index (χ1v) is 5.80. The molecule has 8 heteroatoms. The lowest BCUT2D eigenvalue weighted by Gasteiger charge is -2.11. The lowest BCUT2D eigenvalue weighted by atomic mass is 10.2. The van der Waals surface area contributed by atoms with E-state index in [0.29, 0.717) is 6.07 Å². The molecule has 0 N–H and O–H groups in total. The molecule has 0 fully saturated rings. The second-order valence-corrected chi connectivity index (χ2v) is 4.24. The fourth-order valence-electron chi connectivity index (χ4n) is 1.42. The molecule has 2 rings (SSSR count). The van der Waals surface area contributed by atoms with Crippen LogP contribution >= 0.6 is 11.6 Å². The van der Waals surface area contributed by atoms with E-state index < -0.39 is 23.6 Å². The highest BCUT2D eigenvalue weighted by molar-refractivity contribution is 6.32. The van der Waals surface area contributed by atoms with E-state index >= 15 is 0 Å². The van der Waals surface area contributed by atoms with Crippen molar-refractivity contribution >= 4 is 11.6 Å². The van der Waals surface area contributed by atoms with Crippen molar-refractivity contribution in [3.05, 3.63) is 52.4 Å². The van der Waals surface area contributed by atoms with Gasteiger partial charge >= 0.3 is 6.18 Å². The van der Waals surface area contributed by atoms with E-state index in [0.717, 1.165) is 24.3 Å². The SMILES string of the molecule is N#Cc1ccc(C(F)(F)F)nc1Oc1ccc(F)cc1Cl. The van der Waals surface area contributed by atoms with E-state index in [-0.39, 0.29) is 16.3 Å². The summed E-state index contributed by atoms with van der Waals surface area (Å²) < 4.78 is 55.8. The monoisotopic (exact) mass is 316 g/mol. The van der Waals surface area contributed by atoms with Gasteiger partial charge in [0.25, 0.3) is 0 Å². The van der Waals surface area contributed by atoms with Gasteiger partial charge in [0.2, 0.25) is 5.88 Å². The molecule has 0 atom stereocenters. The highest BCUT2D eigenvalue weighted by Gasteiger charge is 2.33. The molecule has 1 aromatic carbocycles. The first-order valence-electron chi connectivity index (χ1n) is 5.42. The van der Waals surface area contributed by atoms with E-state index in [2.05, 4.69) is 4.98 Å². The minimum Gasteiger partial charge on any atom is -0.436 e. The topological polar surface area (TPSA) is 45.9 Å². The molecule has 0 spiro atoms. The number of aromatic nitrogens is 1. The Bertz CT molecular complexity index is 725. The molecular weight excluding hydrogens is 312 g/mol. The van der Waals surface area contributed by atoms with E-state index in [1.54, 1.807) is 6.07 Å². The van der Waals surface area contributed by atoms with Crippen LogP contribution in [0.2, 0.25) is 5.02 Å². The normalized spacial score (nSPS) is 11.0. The number of benzene rings is 1. The molecule has 2 aromatic rings. The predicted octanol–water partition coefficient (Wildman–Crippen LogP) is 4.56. The van der Waals surface area contributed by atoms with Gasteiger partial charge in [-0.25, -0.2) is 9.37 Å². The summed E-state index contributed by atoms with van der Waals surface area (Å²) in [4.78, 5) is 3.25. The zero-order valence-corrected chi connectivity index (χ0v) is 10.8. The number of ether oxygens (including phenoxy) is 1.